The van der Waals surface area contributed by atoms with Gasteiger partial charge in [-0.2, -0.15) is 0 Å². The maximum Gasteiger partial charge on any atom is 0.131 e. The van der Waals surface area contributed by atoms with E-state index in [4.69, 9.17) is 0 Å². The molecule has 2 heteroatoms. The van der Waals surface area contributed by atoms with Crippen LogP contribution in [0.15, 0.2) is 188 Å². The Morgan fingerprint density at radius 3 is 1.14 bits per heavy atom. The minimum Gasteiger partial charge on any atom is -0.507 e. The molecule has 242 valence electrons. The Kier molecular flexibility index (Phi) is 7.56. The van der Waals surface area contributed by atoms with Crippen LogP contribution in [-0.2, 0) is 0 Å². The molecule has 0 aromatic heterocycles. The molecule has 8 aromatic carbocycles. The van der Waals surface area contributed by atoms with Crippen LogP contribution in [0.2, 0.25) is 0 Å². The van der Waals surface area contributed by atoms with E-state index < -0.39 is 0 Å². The fourth-order valence-electron chi connectivity index (χ4n) is 7.82. The SMILES string of the molecule is Oc1c(-c2ccccc2)cc(-c2cccc3c2C(c2cc(-c4ccccc4)c(O)c(-c4ccccc4)c2)c2ccccc2-3)cc1-c1ccccc1. The highest BCUT2D eigenvalue weighted by molar-refractivity contribution is 5.93. The molecule has 0 aliphatic heterocycles. The van der Waals surface area contributed by atoms with E-state index in [1.807, 2.05) is 97.1 Å². The lowest BCUT2D eigenvalue weighted by Gasteiger charge is -2.22. The molecule has 2 N–H and O–H groups in total. The van der Waals surface area contributed by atoms with Gasteiger partial charge in [0.25, 0.3) is 0 Å². The number of hydrogen-bond acceptors (Lipinski definition) is 2. The molecule has 1 unspecified atom stereocenters. The van der Waals surface area contributed by atoms with Gasteiger partial charge in [0.2, 0.25) is 0 Å². The molecule has 0 spiro atoms. The van der Waals surface area contributed by atoms with Gasteiger partial charge in [0.05, 0.1) is 0 Å². The topological polar surface area (TPSA) is 40.5 Å². The van der Waals surface area contributed by atoms with Gasteiger partial charge in [-0.25, -0.2) is 0 Å². The van der Waals surface area contributed by atoms with Crippen molar-refractivity contribution in [1.29, 1.82) is 0 Å². The number of phenols is 2. The summed E-state index contributed by atoms with van der Waals surface area (Å²) in [4.78, 5) is 0. The Balaban J connectivity index is 1.33. The molecule has 1 atom stereocenters. The fraction of sp³-hybridized carbons (Fsp3) is 0.0204. The molecular weight excluding hydrogens is 621 g/mol. The quantitative estimate of drug-likeness (QED) is 0.187. The van der Waals surface area contributed by atoms with Gasteiger partial charge in [-0.15, -0.1) is 0 Å². The van der Waals surface area contributed by atoms with Crippen LogP contribution in [0.4, 0.5) is 0 Å². The van der Waals surface area contributed by atoms with Gasteiger partial charge < -0.3 is 10.2 Å². The van der Waals surface area contributed by atoms with E-state index in [-0.39, 0.29) is 17.4 Å². The van der Waals surface area contributed by atoms with Crippen LogP contribution in [0, 0.1) is 0 Å². The summed E-state index contributed by atoms with van der Waals surface area (Å²) in [5.74, 6) is 0.434. The van der Waals surface area contributed by atoms with E-state index in [2.05, 4.69) is 91.0 Å². The molecular formula is C49H34O2. The normalized spacial score (nSPS) is 13.1. The summed E-state index contributed by atoms with van der Waals surface area (Å²) in [7, 11) is 0. The van der Waals surface area contributed by atoms with Gasteiger partial charge in [0.1, 0.15) is 11.5 Å². The average Bonchev–Trinajstić information content (AvgIpc) is 3.54. The molecule has 0 radical (unpaired) electrons. The zero-order valence-electron chi connectivity index (χ0n) is 27.9. The summed E-state index contributed by atoms with van der Waals surface area (Å²) >= 11 is 0. The average molecular weight is 655 g/mol. The van der Waals surface area contributed by atoms with Gasteiger partial charge >= 0.3 is 0 Å². The first kappa shape index (κ1) is 30.4. The van der Waals surface area contributed by atoms with Crippen molar-refractivity contribution < 1.29 is 10.2 Å². The highest BCUT2D eigenvalue weighted by Gasteiger charge is 2.34. The zero-order valence-corrected chi connectivity index (χ0v) is 27.9. The van der Waals surface area contributed by atoms with Crippen molar-refractivity contribution >= 4 is 0 Å². The van der Waals surface area contributed by atoms with Crippen molar-refractivity contribution in [2.24, 2.45) is 0 Å². The van der Waals surface area contributed by atoms with Crippen molar-refractivity contribution in [1.82, 2.24) is 0 Å². The van der Waals surface area contributed by atoms with Crippen molar-refractivity contribution in [2.45, 2.75) is 5.92 Å². The predicted molar refractivity (Wildman–Crippen MR) is 210 cm³/mol. The Labute approximate surface area is 298 Å². The molecule has 1 aliphatic rings. The summed E-state index contributed by atoms with van der Waals surface area (Å²) in [6.07, 6.45) is 0. The smallest absolute Gasteiger partial charge is 0.131 e. The maximum absolute atomic E-state index is 11.9. The number of fused-ring (bicyclic) bond motifs is 3. The van der Waals surface area contributed by atoms with Gasteiger partial charge in [-0.3, -0.25) is 0 Å². The first-order chi connectivity index (χ1) is 25.2. The number of benzene rings is 8. The monoisotopic (exact) mass is 654 g/mol. The number of aromatic hydroxyl groups is 2. The largest absolute Gasteiger partial charge is 0.507 e. The van der Waals surface area contributed by atoms with E-state index >= 15 is 0 Å². The lowest BCUT2D eigenvalue weighted by molar-refractivity contribution is 0.478. The zero-order chi connectivity index (χ0) is 34.3. The molecule has 9 rings (SSSR count). The summed E-state index contributed by atoms with van der Waals surface area (Å²) in [5.41, 5.74) is 15.1. The number of rotatable bonds is 6. The minimum absolute atomic E-state index is 0.105. The van der Waals surface area contributed by atoms with Crippen LogP contribution in [0.5, 0.6) is 11.5 Å². The van der Waals surface area contributed by atoms with E-state index in [0.717, 1.165) is 61.2 Å². The second kappa shape index (κ2) is 12.7. The van der Waals surface area contributed by atoms with Crippen molar-refractivity contribution in [3.05, 3.63) is 205 Å². The second-order valence-corrected chi connectivity index (χ2v) is 13.1. The number of hydrogen-bond donors (Lipinski definition) is 2. The molecule has 1 aliphatic carbocycles. The summed E-state index contributed by atoms with van der Waals surface area (Å²) in [6, 6.07) is 64.4. The summed E-state index contributed by atoms with van der Waals surface area (Å²) in [6.45, 7) is 0. The van der Waals surface area contributed by atoms with Gasteiger partial charge in [-0.1, -0.05) is 164 Å². The Morgan fingerprint density at radius 2 is 0.667 bits per heavy atom. The highest BCUT2D eigenvalue weighted by Crippen LogP contribution is 2.54. The van der Waals surface area contributed by atoms with E-state index in [1.165, 1.54) is 22.3 Å². The molecule has 0 heterocycles. The minimum atomic E-state index is -0.105. The third kappa shape index (κ3) is 5.29. The molecule has 0 saturated carbocycles. The lowest BCUT2D eigenvalue weighted by atomic mass is 9.81. The molecule has 2 nitrogen and oxygen atoms in total. The van der Waals surface area contributed by atoms with Crippen LogP contribution in [0.3, 0.4) is 0 Å². The van der Waals surface area contributed by atoms with Crippen LogP contribution in [0.1, 0.15) is 22.6 Å². The Morgan fingerprint density at radius 1 is 0.294 bits per heavy atom. The van der Waals surface area contributed by atoms with Crippen LogP contribution < -0.4 is 0 Å². The number of phenolic OH excluding ortho intramolecular Hbond substituents is 2. The van der Waals surface area contributed by atoms with Gasteiger partial charge in [0, 0.05) is 28.2 Å². The van der Waals surface area contributed by atoms with Gasteiger partial charge in [0.15, 0.2) is 0 Å². The summed E-state index contributed by atoms with van der Waals surface area (Å²) in [5, 5.41) is 23.7. The Bertz CT molecular complexity index is 2400. The van der Waals surface area contributed by atoms with E-state index in [0.29, 0.717) is 0 Å². The molecule has 0 bridgehead atoms. The van der Waals surface area contributed by atoms with Crippen LogP contribution in [0.25, 0.3) is 66.8 Å². The molecule has 8 aromatic rings. The van der Waals surface area contributed by atoms with E-state index in [9.17, 15) is 10.2 Å². The summed E-state index contributed by atoms with van der Waals surface area (Å²) < 4.78 is 0. The predicted octanol–water partition coefficient (Wildman–Crippen LogP) is 12.6. The standard InChI is InChI=1S/C49H34O2/c50-48-42(32-16-5-1-6-17-32)28-36(29-43(48)33-18-7-2-8-19-33)38-26-15-27-41-39-24-13-14-25-40(39)46(47(38)41)37-30-44(34-20-9-3-10-21-34)49(51)45(31-37)35-22-11-4-12-23-35/h1-31,46,50-51H. The van der Waals surface area contributed by atoms with Crippen molar-refractivity contribution in [3.8, 4) is 78.3 Å². The third-order valence-corrected chi connectivity index (χ3v) is 10.2. The third-order valence-electron chi connectivity index (χ3n) is 10.2. The highest BCUT2D eigenvalue weighted by atomic mass is 16.3. The van der Waals surface area contributed by atoms with Crippen molar-refractivity contribution in [3.63, 3.8) is 0 Å². The second-order valence-electron chi connectivity index (χ2n) is 13.1. The fourth-order valence-corrected chi connectivity index (χ4v) is 7.82. The van der Waals surface area contributed by atoms with Gasteiger partial charge in [-0.05, 0) is 85.5 Å². The molecule has 0 saturated heterocycles. The first-order valence-corrected chi connectivity index (χ1v) is 17.3. The van der Waals surface area contributed by atoms with Crippen LogP contribution in [-0.4, -0.2) is 10.2 Å². The lowest BCUT2D eigenvalue weighted by Crippen LogP contribution is -2.03. The van der Waals surface area contributed by atoms with Crippen LogP contribution >= 0.6 is 0 Å². The Hall–Kier alpha value is -6.64. The van der Waals surface area contributed by atoms with E-state index in [1.54, 1.807) is 0 Å². The molecule has 0 fully saturated rings. The molecule has 0 amide bonds. The van der Waals surface area contributed by atoms with Crippen molar-refractivity contribution in [2.75, 3.05) is 0 Å². The molecule has 51 heavy (non-hydrogen) atoms. The first-order valence-electron chi connectivity index (χ1n) is 17.3. The maximum atomic E-state index is 11.9.